The fourth-order valence-corrected chi connectivity index (χ4v) is 6.08. The fraction of sp³-hybridized carbons (Fsp3) is 0.600. The van der Waals surface area contributed by atoms with Crippen LogP contribution in [0.1, 0.15) is 60.3 Å². The summed E-state index contributed by atoms with van der Waals surface area (Å²) >= 11 is 0.770. The maximum absolute atomic E-state index is 13.7. The van der Waals surface area contributed by atoms with E-state index in [1.54, 1.807) is 17.0 Å². The quantitative estimate of drug-likeness (QED) is 0.558. The molecule has 2 aliphatic heterocycles. The topological polar surface area (TPSA) is 90.9 Å². The maximum atomic E-state index is 13.7. The zero-order valence-electron chi connectivity index (χ0n) is 21.0. The number of aromatic nitrogens is 2. The van der Waals surface area contributed by atoms with Gasteiger partial charge in [0.25, 0.3) is 5.91 Å². The van der Waals surface area contributed by atoms with E-state index in [9.17, 15) is 22.8 Å². The van der Waals surface area contributed by atoms with Crippen LogP contribution in [0.2, 0.25) is 0 Å². The number of nitrogens with one attached hydrogen (secondary N) is 1. The monoisotopic (exact) mass is 552 g/mol. The molecule has 3 fully saturated rings. The van der Waals surface area contributed by atoms with E-state index in [1.165, 1.54) is 6.20 Å². The van der Waals surface area contributed by atoms with Gasteiger partial charge in [0.05, 0.1) is 11.9 Å². The van der Waals surface area contributed by atoms with Crippen molar-refractivity contribution in [3.05, 3.63) is 28.9 Å². The summed E-state index contributed by atoms with van der Waals surface area (Å²) in [5.41, 5.74) is -0.868. The second-order valence-corrected chi connectivity index (χ2v) is 10.8. The lowest BCUT2D eigenvalue weighted by Crippen LogP contribution is -2.49. The van der Waals surface area contributed by atoms with Crippen LogP contribution in [0.25, 0.3) is 0 Å². The van der Waals surface area contributed by atoms with Crippen molar-refractivity contribution in [2.75, 3.05) is 54.4 Å². The Morgan fingerprint density at radius 3 is 2.29 bits per heavy atom. The summed E-state index contributed by atoms with van der Waals surface area (Å²) in [7, 11) is 0. The van der Waals surface area contributed by atoms with Crippen LogP contribution in [0.5, 0.6) is 0 Å². The Morgan fingerprint density at radius 2 is 1.66 bits per heavy atom. The average molecular weight is 553 g/mol. The minimum Gasteiger partial charge on any atom is -0.446 e. The fourth-order valence-electron chi connectivity index (χ4n) is 5.05. The normalized spacial score (nSPS) is 19.1. The van der Waals surface area contributed by atoms with E-state index in [2.05, 4.69) is 15.3 Å². The van der Waals surface area contributed by atoms with Crippen LogP contribution in [0, 0.1) is 0 Å². The molecule has 0 atom stereocenters. The highest BCUT2D eigenvalue weighted by molar-refractivity contribution is 7.17. The van der Waals surface area contributed by atoms with Crippen LogP contribution in [-0.4, -0.2) is 72.2 Å². The third kappa shape index (κ3) is 6.13. The third-order valence-corrected chi connectivity index (χ3v) is 8.27. The molecular formula is C25H31F3N6O3S. The van der Waals surface area contributed by atoms with Crippen LogP contribution in [0.3, 0.4) is 0 Å². The number of rotatable bonds is 5. The Kier molecular flexibility index (Phi) is 7.91. The molecule has 206 valence electrons. The summed E-state index contributed by atoms with van der Waals surface area (Å²) in [6.45, 7) is 3.44. The van der Waals surface area contributed by atoms with Crippen LogP contribution in [0.4, 0.5) is 34.6 Å². The Morgan fingerprint density at radius 1 is 0.947 bits per heavy atom. The average Bonchev–Trinajstić information content (AvgIpc) is 3.60. The van der Waals surface area contributed by atoms with E-state index in [-0.39, 0.29) is 17.3 Å². The highest BCUT2D eigenvalue weighted by Crippen LogP contribution is 2.38. The van der Waals surface area contributed by atoms with Gasteiger partial charge >= 0.3 is 12.3 Å². The zero-order chi connectivity index (χ0) is 26.7. The number of thiazole rings is 1. The summed E-state index contributed by atoms with van der Waals surface area (Å²) < 4.78 is 46.6. The van der Waals surface area contributed by atoms with Gasteiger partial charge in [-0.25, -0.2) is 14.8 Å². The number of carbonyl (C=O) groups is 2. The van der Waals surface area contributed by atoms with Gasteiger partial charge in [-0.2, -0.15) is 13.2 Å². The van der Waals surface area contributed by atoms with Crippen LogP contribution in [-0.2, 0) is 10.9 Å². The lowest BCUT2D eigenvalue weighted by atomic mass is 10.1. The summed E-state index contributed by atoms with van der Waals surface area (Å²) in [5.74, 6) is -0.199. The molecule has 2 amide bonds. The molecule has 5 rings (SSSR count). The first-order valence-corrected chi connectivity index (χ1v) is 13.9. The number of hydrogen-bond acceptors (Lipinski definition) is 8. The van der Waals surface area contributed by atoms with Crippen LogP contribution >= 0.6 is 11.3 Å². The third-order valence-electron chi connectivity index (χ3n) is 7.15. The largest absolute Gasteiger partial charge is 0.446 e. The number of alkyl halides is 3. The number of nitrogens with zero attached hydrogens (tertiary/aromatic N) is 5. The van der Waals surface area contributed by atoms with E-state index < -0.39 is 22.7 Å². The number of hydrogen-bond donors (Lipinski definition) is 1. The van der Waals surface area contributed by atoms with Gasteiger partial charge in [0.15, 0.2) is 10.8 Å². The summed E-state index contributed by atoms with van der Waals surface area (Å²) in [4.78, 5) is 38.5. The second-order valence-electron chi connectivity index (χ2n) is 9.84. The van der Waals surface area contributed by atoms with E-state index >= 15 is 0 Å². The Labute approximate surface area is 223 Å². The molecule has 0 spiro atoms. The van der Waals surface area contributed by atoms with Crippen LogP contribution in [0.15, 0.2) is 18.3 Å². The van der Waals surface area contributed by atoms with Gasteiger partial charge in [0, 0.05) is 39.3 Å². The summed E-state index contributed by atoms with van der Waals surface area (Å²) in [5, 5.41) is 2.76. The van der Waals surface area contributed by atoms with Gasteiger partial charge in [-0.15, -0.1) is 0 Å². The minimum absolute atomic E-state index is 0.0264. The second kappa shape index (κ2) is 11.3. The number of ether oxygens (including phenoxy) is 1. The molecule has 38 heavy (non-hydrogen) atoms. The van der Waals surface area contributed by atoms with Crippen molar-refractivity contribution in [2.24, 2.45) is 0 Å². The number of piperazine rings is 1. The highest BCUT2D eigenvalue weighted by Gasteiger charge is 2.40. The van der Waals surface area contributed by atoms with Crippen molar-refractivity contribution < 1.29 is 27.5 Å². The Balaban J connectivity index is 1.19. The van der Waals surface area contributed by atoms with Crippen molar-refractivity contribution in [3.63, 3.8) is 0 Å². The zero-order valence-corrected chi connectivity index (χ0v) is 21.8. The van der Waals surface area contributed by atoms with Crippen molar-refractivity contribution in [2.45, 2.75) is 57.2 Å². The van der Waals surface area contributed by atoms with Gasteiger partial charge in [-0.3, -0.25) is 4.79 Å². The molecule has 1 aliphatic carbocycles. The molecule has 0 unspecified atom stereocenters. The molecule has 0 bridgehead atoms. The molecule has 3 aliphatic rings. The molecule has 0 aromatic carbocycles. The van der Waals surface area contributed by atoms with Gasteiger partial charge < -0.3 is 24.8 Å². The standard InChI is InChI=1S/C25H31F3N6O3S/c26-25(27,28)21-20(38-23(31-21)33-10-4-1-5-11-33)22(35)30-17-8-9-19(29-16-17)32-12-14-34(15-13-32)24(36)37-18-6-2-3-7-18/h8-9,16,18H,1-7,10-15H2,(H,30,35). The van der Waals surface area contributed by atoms with E-state index in [1.807, 2.05) is 9.80 Å². The molecule has 1 N–H and O–H groups in total. The number of piperidine rings is 1. The highest BCUT2D eigenvalue weighted by atomic mass is 32.1. The lowest BCUT2D eigenvalue weighted by molar-refractivity contribution is -0.141. The molecule has 2 saturated heterocycles. The number of amides is 2. The molecule has 0 radical (unpaired) electrons. The van der Waals surface area contributed by atoms with Gasteiger partial charge in [-0.1, -0.05) is 11.3 Å². The molecular weight excluding hydrogens is 521 g/mol. The first-order chi connectivity index (χ1) is 18.3. The van der Waals surface area contributed by atoms with Gasteiger partial charge in [-0.05, 0) is 57.1 Å². The molecule has 2 aromatic heterocycles. The van der Waals surface area contributed by atoms with E-state index in [4.69, 9.17) is 4.74 Å². The molecule has 4 heterocycles. The maximum Gasteiger partial charge on any atom is 0.435 e. The van der Waals surface area contributed by atoms with Gasteiger partial charge in [0.1, 0.15) is 16.8 Å². The van der Waals surface area contributed by atoms with E-state index in [0.29, 0.717) is 50.8 Å². The molecule has 13 heteroatoms. The predicted molar refractivity (Wildman–Crippen MR) is 138 cm³/mol. The molecule has 9 nitrogen and oxygen atoms in total. The summed E-state index contributed by atoms with van der Waals surface area (Å²) in [6, 6.07) is 3.32. The smallest absolute Gasteiger partial charge is 0.435 e. The molecule has 2 aromatic rings. The van der Waals surface area contributed by atoms with Gasteiger partial charge in [0.2, 0.25) is 0 Å². The number of anilines is 3. The number of halogens is 3. The Hall–Kier alpha value is -3.09. The van der Waals surface area contributed by atoms with Crippen LogP contribution < -0.4 is 15.1 Å². The lowest BCUT2D eigenvalue weighted by Gasteiger charge is -2.35. The predicted octanol–water partition coefficient (Wildman–Crippen LogP) is 5.00. The first-order valence-electron chi connectivity index (χ1n) is 13.1. The SMILES string of the molecule is O=C(Nc1ccc(N2CCN(C(=O)OC3CCCC3)CC2)nc1)c1sc(N2CCCCC2)nc1C(F)(F)F. The summed E-state index contributed by atoms with van der Waals surface area (Å²) in [6.07, 6.45) is 3.32. The van der Waals surface area contributed by atoms with Crippen molar-refractivity contribution in [3.8, 4) is 0 Å². The Bertz CT molecular complexity index is 1120. The number of carbonyl (C=O) groups excluding carboxylic acids is 2. The van der Waals surface area contributed by atoms with Crippen molar-refractivity contribution in [1.82, 2.24) is 14.9 Å². The van der Waals surface area contributed by atoms with E-state index in [0.717, 1.165) is 56.3 Å². The molecule has 1 saturated carbocycles. The van der Waals surface area contributed by atoms with Crippen molar-refractivity contribution >= 4 is 40.0 Å². The van der Waals surface area contributed by atoms with Crippen molar-refractivity contribution in [1.29, 1.82) is 0 Å². The number of pyridine rings is 1. The minimum atomic E-state index is -4.73. The first kappa shape index (κ1) is 26.5.